The van der Waals surface area contributed by atoms with E-state index in [1.807, 2.05) is 11.8 Å². The van der Waals surface area contributed by atoms with Gasteiger partial charge in [-0.25, -0.2) is 4.79 Å². The zero-order valence-electron chi connectivity index (χ0n) is 8.27. The minimum absolute atomic E-state index is 0.0168. The van der Waals surface area contributed by atoms with Crippen LogP contribution < -0.4 is 5.32 Å². The van der Waals surface area contributed by atoms with E-state index < -0.39 is 0 Å². The van der Waals surface area contributed by atoms with E-state index in [1.54, 1.807) is 0 Å². The lowest BCUT2D eigenvalue weighted by molar-refractivity contribution is 0.176. The Morgan fingerprint density at radius 3 is 2.62 bits per heavy atom. The highest BCUT2D eigenvalue weighted by molar-refractivity contribution is 6.18. The fraction of sp³-hybridized carbons (Fsp3) is 0.889. The van der Waals surface area contributed by atoms with Crippen molar-refractivity contribution in [1.29, 1.82) is 0 Å². The van der Waals surface area contributed by atoms with Crippen LogP contribution in [0.4, 0.5) is 4.79 Å². The molecule has 0 bridgehead atoms. The lowest BCUT2D eigenvalue weighted by Gasteiger charge is -2.27. The molecule has 0 aromatic heterocycles. The number of carbonyl (C=O) groups is 1. The minimum Gasteiger partial charge on any atom is -0.337 e. The number of hydrogen-bond donors (Lipinski definition) is 1. The molecule has 0 aromatic rings. The van der Waals surface area contributed by atoms with E-state index in [-0.39, 0.29) is 11.6 Å². The summed E-state index contributed by atoms with van der Waals surface area (Å²) in [5.74, 6) is 0.472. The van der Waals surface area contributed by atoms with Crippen LogP contribution in [0.5, 0.6) is 0 Å². The molecule has 0 aliphatic heterocycles. The van der Waals surface area contributed by atoms with E-state index in [0.29, 0.717) is 12.4 Å². The normalized spacial score (nSPS) is 18.1. The van der Waals surface area contributed by atoms with E-state index in [1.165, 1.54) is 0 Å². The summed E-state index contributed by atoms with van der Waals surface area (Å²) in [4.78, 5) is 13.5. The van der Waals surface area contributed by atoms with Crippen LogP contribution in [0, 0.1) is 0 Å². The third kappa shape index (κ3) is 2.50. The summed E-state index contributed by atoms with van der Waals surface area (Å²) >= 11 is 5.49. The van der Waals surface area contributed by atoms with E-state index >= 15 is 0 Å². The van der Waals surface area contributed by atoms with Crippen LogP contribution in [0.2, 0.25) is 0 Å². The van der Waals surface area contributed by atoms with Gasteiger partial charge < -0.3 is 10.2 Å². The fourth-order valence-corrected chi connectivity index (χ4v) is 1.57. The smallest absolute Gasteiger partial charge is 0.317 e. The summed E-state index contributed by atoms with van der Waals surface area (Å²) in [6, 6.07) is 0.0168. The van der Waals surface area contributed by atoms with Crippen LogP contribution in [0.3, 0.4) is 0 Å². The number of hydrogen-bond acceptors (Lipinski definition) is 1. The van der Waals surface area contributed by atoms with Gasteiger partial charge in [0.15, 0.2) is 0 Å². The van der Waals surface area contributed by atoms with Gasteiger partial charge in [-0.3, -0.25) is 0 Å². The van der Waals surface area contributed by atoms with Crippen molar-refractivity contribution in [2.75, 3.05) is 19.0 Å². The highest BCUT2D eigenvalue weighted by Gasteiger charge is 2.44. The van der Waals surface area contributed by atoms with Crippen LogP contribution >= 0.6 is 11.6 Å². The van der Waals surface area contributed by atoms with Crippen LogP contribution in [0.1, 0.15) is 26.7 Å². The molecule has 0 radical (unpaired) electrons. The van der Waals surface area contributed by atoms with Crippen molar-refractivity contribution < 1.29 is 4.79 Å². The van der Waals surface area contributed by atoms with Gasteiger partial charge >= 0.3 is 6.03 Å². The van der Waals surface area contributed by atoms with E-state index in [9.17, 15) is 4.79 Å². The molecule has 1 fully saturated rings. The highest BCUT2D eigenvalue weighted by Crippen LogP contribution is 2.40. The van der Waals surface area contributed by atoms with Crippen molar-refractivity contribution in [3.05, 3.63) is 0 Å². The van der Waals surface area contributed by atoms with Gasteiger partial charge in [0.05, 0.1) is 0 Å². The predicted octanol–water partition coefficient (Wildman–Crippen LogP) is 1.81. The Bertz CT molecular complexity index is 192. The van der Waals surface area contributed by atoms with Crippen LogP contribution in [0.15, 0.2) is 0 Å². The molecule has 0 aromatic carbocycles. The molecular weight excluding hydrogens is 188 g/mol. The number of nitrogens with one attached hydrogen (secondary N) is 1. The van der Waals surface area contributed by atoms with Crippen molar-refractivity contribution in [2.24, 2.45) is 0 Å². The second-order valence-corrected chi connectivity index (χ2v) is 4.04. The number of amides is 2. The van der Waals surface area contributed by atoms with Gasteiger partial charge in [-0.2, -0.15) is 0 Å². The van der Waals surface area contributed by atoms with Gasteiger partial charge in [0, 0.05) is 24.5 Å². The number of rotatable bonds is 4. The predicted molar refractivity (Wildman–Crippen MR) is 54.1 cm³/mol. The van der Waals surface area contributed by atoms with Gasteiger partial charge in [-0.1, -0.05) is 0 Å². The Balaban J connectivity index is 2.42. The molecule has 76 valence electrons. The Morgan fingerprint density at radius 2 is 2.23 bits per heavy atom. The molecule has 0 spiro atoms. The molecule has 1 saturated carbocycles. The standard InChI is InChI=1S/C9H17ClN2O/c1-3-12(9(2)4-5-9)8(13)11-7-6-10/h3-7H2,1-2H3,(H,11,13). The molecule has 1 aliphatic carbocycles. The third-order valence-corrected chi connectivity index (χ3v) is 2.75. The molecule has 0 atom stereocenters. The first-order chi connectivity index (χ1) is 6.14. The van der Waals surface area contributed by atoms with Crippen molar-refractivity contribution in [1.82, 2.24) is 10.2 Å². The van der Waals surface area contributed by atoms with Crippen LogP contribution in [-0.4, -0.2) is 35.4 Å². The lowest BCUT2D eigenvalue weighted by Crippen LogP contribution is -2.46. The van der Waals surface area contributed by atoms with Gasteiger partial charge in [-0.05, 0) is 26.7 Å². The topological polar surface area (TPSA) is 32.3 Å². The molecule has 1 rings (SSSR count). The van der Waals surface area contributed by atoms with Crippen LogP contribution in [0.25, 0.3) is 0 Å². The Labute approximate surface area is 84.4 Å². The zero-order valence-corrected chi connectivity index (χ0v) is 9.02. The van der Waals surface area contributed by atoms with E-state index in [4.69, 9.17) is 11.6 Å². The number of halogens is 1. The maximum atomic E-state index is 11.6. The molecule has 13 heavy (non-hydrogen) atoms. The monoisotopic (exact) mass is 204 g/mol. The molecule has 0 heterocycles. The highest BCUT2D eigenvalue weighted by atomic mass is 35.5. The first-order valence-corrected chi connectivity index (χ1v) is 5.29. The number of nitrogens with zero attached hydrogens (tertiary/aromatic N) is 1. The number of urea groups is 1. The molecule has 0 saturated heterocycles. The third-order valence-electron chi connectivity index (χ3n) is 2.56. The summed E-state index contributed by atoms with van der Waals surface area (Å²) in [5.41, 5.74) is 0.116. The Morgan fingerprint density at radius 1 is 1.62 bits per heavy atom. The summed E-state index contributed by atoms with van der Waals surface area (Å²) in [7, 11) is 0. The first-order valence-electron chi connectivity index (χ1n) is 4.75. The molecule has 3 nitrogen and oxygen atoms in total. The minimum atomic E-state index is 0.0168. The van der Waals surface area contributed by atoms with Gasteiger partial charge in [-0.15, -0.1) is 11.6 Å². The average Bonchev–Trinajstić information content (AvgIpc) is 2.82. The van der Waals surface area contributed by atoms with Gasteiger partial charge in [0.1, 0.15) is 0 Å². The SMILES string of the molecule is CCN(C(=O)NCCCl)C1(C)CC1. The average molecular weight is 205 g/mol. The molecule has 2 amide bonds. The van der Waals surface area contributed by atoms with Crippen molar-refractivity contribution >= 4 is 17.6 Å². The second kappa shape index (κ2) is 4.18. The molecule has 1 N–H and O–H groups in total. The largest absolute Gasteiger partial charge is 0.337 e. The molecule has 1 aliphatic rings. The zero-order chi connectivity index (χ0) is 9.90. The molecular formula is C9H17ClN2O. The fourth-order valence-electron chi connectivity index (χ4n) is 1.47. The number of carbonyl (C=O) groups excluding carboxylic acids is 1. The second-order valence-electron chi connectivity index (χ2n) is 3.66. The maximum absolute atomic E-state index is 11.6. The van der Waals surface area contributed by atoms with Crippen molar-refractivity contribution in [2.45, 2.75) is 32.2 Å². The number of alkyl halides is 1. The summed E-state index contributed by atoms with van der Waals surface area (Å²) < 4.78 is 0. The Hall–Kier alpha value is -0.440. The molecule has 4 heteroatoms. The summed E-state index contributed by atoms with van der Waals surface area (Å²) in [6.45, 7) is 5.44. The van der Waals surface area contributed by atoms with E-state index in [2.05, 4.69) is 12.2 Å². The summed E-state index contributed by atoms with van der Waals surface area (Å²) in [5, 5.41) is 2.78. The first kappa shape index (κ1) is 10.6. The van der Waals surface area contributed by atoms with Gasteiger partial charge in [0.2, 0.25) is 0 Å². The lowest BCUT2D eigenvalue weighted by atomic mass is 10.3. The van der Waals surface area contributed by atoms with Gasteiger partial charge in [0.25, 0.3) is 0 Å². The quantitative estimate of drug-likeness (QED) is 0.697. The van der Waals surface area contributed by atoms with E-state index in [0.717, 1.165) is 19.4 Å². The maximum Gasteiger partial charge on any atom is 0.317 e. The Kier molecular flexibility index (Phi) is 3.42. The van der Waals surface area contributed by atoms with Crippen LogP contribution in [-0.2, 0) is 0 Å². The van der Waals surface area contributed by atoms with Crippen molar-refractivity contribution in [3.8, 4) is 0 Å². The van der Waals surface area contributed by atoms with Crippen molar-refractivity contribution in [3.63, 3.8) is 0 Å². The molecule has 0 unspecified atom stereocenters. The summed E-state index contributed by atoms with van der Waals surface area (Å²) in [6.07, 6.45) is 2.24.